The van der Waals surface area contributed by atoms with Crippen molar-refractivity contribution >= 4 is 28.9 Å². The Morgan fingerprint density at radius 1 is 1.03 bits per heavy atom. The molecule has 0 saturated carbocycles. The number of aromatic nitrogens is 4. The molecule has 0 radical (unpaired) electrons. The van der Waals surface area contributed by atoms with Gasteiger partial charge in [-0.2, -0.15) is 0 Å². The number of carbonyl (C=O) groups excluding carboxylic acids is 1. The molecular weight excluding hydrogens is 440 g/mol. The molecule has 0 unspecified atom stereocenters. The SMILES string of the molecule is Cn1c(=O)[nH]c(=O)c2c1nc(SCC(=O)OCc1ccccc1)n2CCCc1ccccc1. The summed E-state index contributed by atoms with van der Waals surface area (Å²) in [6, 6.07) is 19.5. The van der Waals surface area contributed by atoms with Crippen LogP contribution in [-0.4, -0.2) is 30.8 Å². The Balaban J connectivity index is 1.51. The minimum absolute atomic E-state index is 0.0424. The van der Waals surface area contributed by atoms with Crippen molar-refractivity contribution in [3.8, 4) is 0 Å². The van der Waals surface area contributed by atoms with Crippen molar-refractivity contribution < 1.29 is 9.53 Å². The van der Waals surface area contributed by atoms with E-state index in [4.69, 9.17) is 4.74 Å². The second kappa shape index (κ2) is 10.4. The van der Waals surface area contributed by atoms with E-state index in [0.29, 0.717) is 22.9 Å². The van der Waals surface area contributed by atoms with Gasteiger partial charge in [-0.1, -0.05) is 72.4 Å². The normalized spacial score (nSPS) is 11.1. The van der Waals surface area contributed by atoms with Gasteiger partial charge in [-0.15, -0.1) is 0 Å². The molecule has 0 spiro atoms. The van der Waals surface area contributed by atoms with Gasteiger partial charge >= 0.3 is 11.7 Å². The summed E-state index contributed by atoms with van der Waals surface area (Å²) < 4.78 is 8.44. The first-order valence-corrected chi connectivity index (χ1v) is 11.6. The Hall–Kier alpha value is -3.59. The molecule has 0 amide bonds. The highest BCUT2D eigenvalue weighted by Gasteiger charge is 2.19. The van der Waals surface area contributed by atoms with Crippen LogP contribution in [0.2, 0.25) is 0 Å². The lowest BCUT2D eigenvalue weighted by molar-refractivity contribution is -0.141. The third-order valence-electron chi connectivity index (χ3n) is 5.22. The van der Waals surface area contributed by atoms with Gasteiger partial charge in [0.2, 0.25) is 0 Å². The van der Waals surface area contributed by atoms with Crippen molar-refractivity contribution in [2.24, 2.45) is 7.05 Å². The molecule has 0 atom stereocenters. The van der Waals surface area contributed by atoms with E-state index in [1.807, 2.05) is 48.5 Å². The number of benzene rings is 2. The summed E-state index contributed by atoms with van der Waals surface area (Å²) in [5.74, 6) is -0.338. The van der Waals surface area contributed by atoms with Gasteiger partial charge < -0.3 is 9.30 Å². The molecule has 170 valence electrons. The molecule has 0 saturated heterocycles. The van der Waals surface area contributed by atoms with Crippen molar-refractivity contribution in [2.75, 3.05) is 5.75 Å². The van der Waals surface area contributed by atoms with Crippen LogP contribution in [0.4, 0.5) is 0 Å². The minimum Gasteiger partial charge on any atom is -0.460 e. The van der Waals surface area contributed by atoms with Crippen LogP contribution in [0, 0.1) is 0 Å². The maximum atomic E-state index is 12.6. The van der Waals surface area contributed by atoms with Crippen LogP contribution in [0.3, 0.4) is 0 Å². The molecule has 0 aliphatic rings. The number of thioether (sulfide) groups is 1. The second-order valence-corrected chi connectivity index (χ2v) is 8.50. The highest BCUT2D eigenvalue weighted by Crippen LogP contribution is 2.22. The summed E-state index contributed by atoms with van der Waals surface area (Å²) in [4.78, 5) is 43.8. The van der Waals surface area contributed by atoms with Gasteiger partial charge in [0.15, 0.2) is 16.3 Å². The van der Waals surface area contributed by atoms with E-state index in [9.17, 15) is 14.4 Å². The lowest BCUT2D eigenvalue weighted by Crippen LogP contribution is -2.29. The number of esters is 1. The summed E-state index contributed by atoms with van der Waals surface area (Å²) in [5, 5.41) is 0.501. The second-order valence-electron chi connectivity index (χ2n) is 7.56. The van der Waals surface area contributed by atoms with Crippen molar-refractivity contribution in [1.82, 2.24) is 19.1 Å². The van der Waals surface area contributed by atoms with Crippen LogP contribution in [0.5, 0.6) is 0 Å². The molecule has 9 heteroatoms. The summed E-state index contributed by atoms with van der Waals surface area (Å²) in [6.45, 7) is 0.718. The fourth-order valence-corrected chi connectivity index (χ4v) is 4.34. The van der Waals surface area contributed by atoms with Crippen molar-refractivity contribution in [3.63, 3.8) is 0 Å². The monoisotopic (exact) mass is 464 g/mol. The number of imidazole rings is 1. The fourth-order valence-electron chi connectivity index (χ4n) is 3.52. The first-order valence-electron chi connectivity index (χ1n) is 10.6. The van der Waals surface area contributed by atoms with E-state index in [-0.39, 0.29) is 18.3 Å². The summed E-state index contributed by atoms with van der Waals surface area (Å²) in [7, 11) is 1.56. The van der Waals surface area contributed by atoms with Gasteiger partial charge in [0.1, 0.15) is 6.61 Å². The molecule has 4 rings (SSSR count). The van der Waals surface area contributed by atoms with Crippen LogP contribution in [0.15, 0.2) is 75.4 Å². The minimum atomic E-state index is -0.528. The van der Waals surface area contributed by atoms with Crippen LogP contribution >= 0.6 is 11.8 Å². The first-order chi connectivity index (χ1) is 16.0. The number of fused-ring (bicyclic) bond motifs is 1. The molecule has 8 nitrogen and oxygen atoms in total. The Kier molecular flexibility index (Phi) is 7.09. The zero-order chi connectivity index (χ0) is 23.2. The highest BCUT2D eigenvalue weighted by molar-refractivity contribution is 7.99. The van der Waals surface area contributed by atoms with E-state index in [1.54, 1.807) is 11.6 Å². The number of aromatic amines is 1. The highest BCUT2D eigenvalue weighted by atomic mass is 32.2. The van der Waals surface area contributed by atoms with E-state index in [0.717, 1.165) is 18.4 Å². The number of hydrogen-bond acceptors (Lipinski definition) is 6. The molecule has 4 aromatic rings. The lowest BCUT2D eigenvalue weighted by atomic mass is 10.1. The Morgan fingerprint density at radius 3 is 2.39 bits per heavy atom. The molecular formula is C24H24N4O4S. The largest absolute Gasteiger partial charge is 0.460 e. The van der Waals surface area contributed by atoms with Gasteiger partial charge in [-0.3, -0.25) is 19.1 Å². The predicted octanol–water partition coefficient (Wildman–Crippen LogP) is 2.89. The first kappa shape index (κ1) is 22.6. The molecule has 1 N–H and O–H groups in total. The van der Waals surface area contributed by atoms with Crippen LogP contribution < -0.4 is 11.2 Å². The fraction of sp³-hybridized carbons (Fsp3) is 0.250. The quantitative estimate of drug-likeness (QED) is 0.302. The third kappa shape index (κ3) is 5.43. The molecule has 33 heavy (non-hydrogen) atoms. The summed E-state index contributed by atoms with van der Waals surface area (Å²) in [6.07, 6.45) is 1.59. The maximum absolute atomic E-state index is 12.6. The number of carbonyl (C=O) groups is 1. The number of nitrogens with zero attached hydrogens (tertiary/aromatic N) is 3. The number of rotatable bonds is 9. The average molecular weight is 465 g/mol. The van der Waals surface area contributed by atoms with Gasteiger partial charge in [-0.25, -0.2) is 9.78 Å². The maximum Gasteiger partial charge on any atom is 0.329 e. The molecule has 2 aromatic heterocycles. The van der Waals surface area contributed by atoms with Gasteiger partial charge in [0.05, 0.1) is 5.75 Å². The molecule has 0 aliphatic carbocycles. The van der Waals surface area contributed by atoms with Crippen LogP contribution in [0.25, 0.3) is 11.2 Å². The number of nitrogens with one attached hydrogen (secondary N) is 1. The third-order valence-corrected chi connectivity index (χ3v) is 6.17. The number of hydrogen-bond donors (Lipinski definition) is 1. The molecule has 0 bridgehead atoms. The molecule has 0 aliphatic heterocycles. The summed E-state index contributed by atoms with van der Waals surface area (Å²) in [5.41, 5.74) is 1.71. The standard InChI is InChI=1S/C24H24N4O4S/c1-27-21-20(22(30)26-23(27)31)28(14-8-13-17-9-4-2-5-10-17)24(25-21)33-16-19(29)32-15-18-11-6-3-7-12-18/h2-7,9-12H,8,13-16H2,1H3,(H,26,30,31). The summed E-state index contributed by atoms with van der Waals surface area (Å²) >= 11 is 1.19. The molecule has 2 heterocycles. The van der Waals surface area contributed by atoms with Crippen molar-refractivity contribution in [3.05, 3.63) is 92.6 Å². The van der Waals surface area contributed by atoms with E-state index in [2.05, 4.69) is 22.1 Å². The van der Waals surface area contributed by atoms with E-state index in [1.165, 1.54) is 21.9 Å². The average Bonchev–Trinajstić information content (AvgIpc) is 3.20. The van der Waals surface area contributed by atoms with E-state index >= 15 is 0 Å². The van der Waals surface area contributed by atoms with Crippen LogP contribution in [-0.2, 0) is 36.2 Å². The number of H-pyrrole nitrogens is 1. The van der Waals surface area contributed by atoms with E-state index < -0.39 is 11.2 Å². The Morgan fingerprint density at radius 2 is 1.70 bits per heavy atom. The van der Waals surface area contributed by atoms with Gasteiger partial charge in [0, 0.05) is 13.6 Å². The number of aryl methyl sites for hydroxylation is 3. The zero-order valence-corrected chi connectivity index (χ0v) is 19.0. The predicted molar refractivity (Wildman–Crippen MR) is 127 cm³/mol. The smallest absolute Gasteiger partial charge is 0.329 e. The van der Waals surface area contributed by atoms with Crippen molar-refractivity contribution in [1.29, 1.82) is 0 Å². The Labute approximate surface area is 194 Å². The van der Waals surface area contributed by atoms with Gasteiger partial charge in [0.25, 0.3) is 5.56 Å². The molecule has 2 aromatic carbocycles. The van der Waals surface area contributed by atoms with Crippen molar-refractivity contribution in [2.45, 2.75) is 31.1 Å². The topological polar surface area (TPSA) is 99.0 Å². The molecule has 0 fully saturated rings. The Bertz CT molecular complexity index is 1360. The number of ether oxygens (including phenoxy) is 1. The zero-order valence-electron chi connectivity index (χ0n) is 18.2. The lowest BCUT2D eigenvalue weighted by Gasteiger charge is -2.09. The van der Waals surface area contributed by atoms with Crippen LogP contribution in [0.1, 0.15) is 17.5 Å². The van der Waals surface area contributed by atoms with Gasteiger partial charge in [-0.05, 0) is 24.0 Å².